The van der Waals surface area contributed by atoms with Gasteiger partial charge in [-0.1, -0.05) is 38.1 Å². The number of nitrogens with zero attached hydrogens (tertiary/aromatic N) is 2. The Labute approximate surface area is 204 Å². The lowest BCUT2D eigenvalue weighted by atomic mass is 9.78. The molecule has 7 heteroatoms. The second-order valence-electron chi connectivity index (χ2n) is 9.51. The molecule has 7 nitrogen and oxygen atoms in total. The number of carbonyl (C=O) groups excluding carboxylic acids is 4. The number of ether oxygens (including phenoxy) is 1. The summed E-state index contributed by atoms with van der Waals surface area (Å²) in [7, 11) is 0. The molecule has 3 amide bonds. The number of allylic oxidation sites excluding steroid dienone is 2. The van der Waals surface area contributed by atoms with Gasteiger partial charge in [0, 0.05) is 18.7 Å². The van der Waals surface area contributed by atoms with Gasteiger partial charge in [0.15, 0.2) is 0 Å². The average Bonchev–Trinajstić information content (AvgIpc) is 3.38. The second kappa shape index (κ2) is 9.13. The molecule has 0 radical (unpaired) electrons. The molecule has 0 spiro atoms. The second-order valence-corrected chi connectivity index (χ2v) is 9.51. The summed E-state index contributed by atoms with van der Waals surface area (Å²) in [6, 6.07) is 14.2. The van der Waals surface area contributed by atoms with E-state index in [2.05, 4.69) is 6.92 Å². The number of hydrogen-bond donors (Lipinski definition) is 0. The van der Waals surface area contributed by atoms with Crippen molar-refractivity contribution >= 4 is 35.1 Å². The van der Waals surface area contributed by atoms with E-state index in [1.54, 1.807) is 29.2 Å². The molecule has 4 atom stereocenters. The summed E-state index contributed by atoms with van der Waals surface area (Å²) >= 11 is 0. The first-order valence-corrected chi connectivity index (χ1v) is 12.1. The van der Waals surface area contributed by atoms with Gasteiger partial charge in [-0.05, 0) is 60.7 Å². The van der Waals surface area contributed by atoms with Crippen LogP contribution in [0.1, 0.15) is 32.3 Å². The zero-order chi connectivity index (χ0) is 24.7. The van der Waals surface area contributed by atoms with Crippen molar-refractivity contribution in [3.05, 3.63) is 66.2 Å². The number of fused-ring (bicyclic) bond motifs is 1. The van der Waals surface area contributed by atoms with Crippen molar-refractivity contribution in [2.24, 2.45) is 23.7 Å². The Bertz CT molecular complexity index is 1200. The molecule has 2 saturated heterocycles. The first kappa shape index (κ1) is 23.0. The molecule has 0 unspecified atom stereocenters. The molecule has 35 heavy (non-hydrogen) atoms. The van der Waals surface area contributed by atoms with Crippen LogP contribution in [-0.4, -0.2) is 30.2 Å². The van der Waals surface area contributed by atoms with Gasteiger partial charge in [-0.2, -0.15) is 0 Å². The van der Waals surface area contributed by atoms with E-state index in [1.165, 1.54) is 10.5 Å². The van der Waals surface area contributed by atoms with Gasteiger partial charge in [-0.3, -0.25) is 24.1 Å². The Kier molecular flexibility index (Phi) is 6.01. The van der Waals surface area contributed by atoms with Crippen molar-refractivity contribution in [2.45, 2.75) is 33.1 Å². The number of rotatable bonds is 5. The van der Waals surface area contributed by atoms with Crippen molar-refractivity contribution in [1.29, 1.82) is 0 Å². The van der Waals surface area contributed by atoms with E-state index in [-0.39, 0.29) is 48.4 Å². The van der Waals surface area contributed by atoms with E-state index in [4.69, 9.17) is 4.74 Å². The topological polar surface area (TPSA) is 84.0 Å². The maximum atomic E-state index is 13.0. The SMILES string of the molecule is CCc1ccc(N2C[C@H](C(=O)Oc3ccc(N4C(=O)[C@@H]5[C@H](C)C=CC[C@H]5C4=O)cc3)CC2=O)cc1. The summed E-state index contributed by atoms with van der Waals surface area (Å²) in [6.45, 7) is 4.30. The molecule has 1 aliphatic carbocycles. The van der Waals surface area contributed by atoms with Crippen molar-refractivity contribution in [3.8, 4) is 5.75 Å². The third-order valence-electron chi connectivity index (χ3n) is 7.30. The molecule has 180 valence electrons. The van der Waals surface area contributed by atoms with Crippen molar-refractivity contribution in [2.75, 3.05) is 16.3 Å². The Balaban J connectivity index is 1.24. The third kappa shape index (κ3) is 4.16. The van der Waals surface area contributed by atoms with Gasteiger partial charge in [-0.15, -0.1) is 0 Å². The summed E-state index contributed by atoms with van der Waals surface area (Å²) in [6.07, 6.45) is 5.55. The molecule has 2 heterocycles. The first-order chi connectivity index (χ1) is 16.9. The lowest BCUT2D eigenvalue weighted by Gasteiger charge is -2.22. The number of carbonyl (C=O) groups is 4. The van der Waals surface area contributed by atoms with E-state index >= 15 is 0 Å². The summed E-state index contributed by atoms with van der Waals surface area (Å²) in [4.78, 5) is 54.0. The van der Waals surface area contributed by atoms with Gasteiger partial charge in [0.1, 0.15) is 5.75 Å². The molecule has 2 fully saturated rings. The van der Waals surface area contributed by atoms with Crippen molar-refractivity contribution < 1.29 is 23.9 Å². The average molecular weight is 473 g/mol. The number of hydrogen-bond acceptors (Lipinski definition) is 5. The predicted molar refractivity (Wildman–Crippen MR) is 131 cm³/mol. The summed E-state index contributed by atoms with van der Waals surface area (Å²) in [5.74, 6) is -1.83. The summed E-state index contributed by atoms with van der Waals surface area (Å²) in [5.41, 5.74) is 2.43. The van der Waals surface area contributed by atoms with Crippen molar-refractivity contribution in [3.63, 3.8) is 0 Å². The molecule has 2 aromatic carbocycles. The monoisotopic (exact) mass is 472 g/mol. The van der Waals surface area contributed by atoms with Crippen LogP contribution in [0.25, 0.3) is 0 Å². The van der Waals surface area contributed by atoms with E-state index in [0.717, 1.165) is 12.1 Å². The fraction of sp³-hybridized carbons (Fsp3) is 0.357. The van der Waals surface area contributed by atoms with Gasteiger partial charge in [-0.25, -0.2) is 0 Å². The Morgan fingerprint density at radius 3 is 2.31 bits per heavy atom. The normalized spacial score (nSPS) is 25.8. The van der Waals surface area contributed by atoms with Crippen LogP contribution >= 0.6 is 0 Å². The summed E-state index contributed by atoms with van der Waals surface area (Å²) < 4.78 is 5.53. The van der Waals surface area contributed by atoms with E-state index in [9.17, 15) is 19.2 Å². The molecular formula is C28H28N2O5. The summed E-state index contributed by atoms with van der Waals surface area (Å²) in [5, 5.41) is 0. The number of esters is 1. The van der Waals surface area contributed by atoms with E-state index < -0.39 is 11.9 Å². The molecule has 0 aromatic heterocycles. The highest BCUT2D eigenvalue weighted by atomic mass is 16.5. The van der Waals surface area contributed by atoms with Gasteiger partial charge in [0.2, 0.25) is 17.7 Å². The van der Waals surface area contributed by atoms with Crippen LogP contribution < -0.4 is 14.5 Å². The molecule has 0 bridgehead atoms. The zero-order valence-electron chi connectivity index (χ0n) is 19.8. The van der Waals surface area contributed by atoms with E-state index in [1.807, 2.05) is 43.3 Å². The van der Waals surface area contributed by atoms with Crippen LogP contribution in [0.4, 0.5) is 11.4 Å². The van der Waals surface area contributed by atoms with Gasteiger partial charge < -0.3 is 9.64 Å². The predicted octanol–water partition coefficient (Wildman–Crippen LogP) is 3.91. The van der Waals surface area contributed by atoms with Crippen LogP contribution in [0.15, 0.2) is 60.7 Å². The molecule has 2 aromatic rings. The number of imide groups is 1. The minimum atomic E-state index is -0.563. The highest BCUT2D eigenvalue weighted by molar-refractivity contribution is 6.22. The van der Waals surface area contributed by atoms with E-state index in [0.29, 0.717) is 17.9 Å². The largest absolute Gasteiger partial charge is 0.426 e. The van der Waals surface area contributed by atoms with Crippen molar-refractivity contribution in [1.82, 2.24) is 0 Å². The fourth-order valence-corrected chi connectivity index (χ4v) is 5.29. The standard InChI is InChI=1S/C28H28N2O5/c1-3-18-7-9-20(10-8-18)29-16-19(15-24(29)31)28(34)35-22-13-11-21(12-14-22)30-26(32)23-6-4-5-17(2)25(23)27(30)33/h4-5,7-14,17,19,23,25H,3,6,15-16H2,1-2H3/t17-,19-,23-,25-/m1/s1. The lowest BCUT2D eigenvalue weighted by Crippen LogP contribution is -2.31. The van der Waals surface area contributed by atoms with Gasteiger partial charge in [0.25, 0.3) is 0 Å². The molecule has 3 aliphatic rings. The Hall–Kier alpha value is -3.74. The molecule has 0 saturated carbocycles. The Morgan fingerprint density at radius 1 is 0.971 bits per heavy atom. The molecule has 5 rings (SSSR count). The number of aryl methyl sites for hydroxylation is 1. The Morgan fingerprint density at radius 2 is 1.66 bits per heavy atom. The quantitative estimate of drug-likeness (QED) is 0.285. The minimum Gasteiger partial charge on any atom is -0.426 e. The highest BCUT2D eigenvalue weighted by Crippen LogP contribution is 2.40. The maximum absolute atomic E-state index is 13.0. The van der Waals surface area contributed by atoms with Crippen LogP contribution in [0.2, 0.25) is 0 Å². The minimum absolute atomic E-state index is 0.0219. The van der Waals surface area contributed by atoms with Crippen LogP contribution in [-0.2, 0) is 25.6 Å². The molecule has 2 aliphatic heterocycles. The zero-order valence-corrected chi connectivity index (χ0v) is 19.8. The first-order valence-electron chi connectivity index (χ1n) is 12.1. The lowest BCUT2D eigenvalue weighted by molar-refractivity contribution is -0.139. The maximum Gasteiger partial charge on any atom is 0.316 e. The number of anilines is 2. The molecular weight excluding hydrogens is 444 g/mol. The van der Waals surface area contributed by atoms with Crippen LogP contribution in [0.3, 0.4) is 0 Å². The highest BCUT2D eigenvalue weighted by Gasteiger charge is 2.50. The van der Waals surface area contributed by atoms with Gasteiger partial charge >= 0.3 is 5.97 Å². The van der Waals surface area contributed by atoms with Crippen LogP contribution in [0, 0.1) is 23.7 Å². The number of benzene rings is 2. The van der Waals surface area contributed by atoms with Gasteiger partial charge in [0.05, 0.1) is 23.4 Å². The third-order valence-corrected chi connectivity index (χ3v) is 7.30. The smallest absolute Gasteiger partial charge is 0.316 e. The fourth-order valence-electron chi connectivity index (χ4n) is 5.29. The molecule has 0 N–H and O–H groups in total. The van der Waals surface area contributed by atoms with Crippen LogP contribution in [0.5, 0.6) is 5.75 Å². The number of amides is 3.